The second kappa shape index (κ2) is 58.8. The van der Waals surface area contributed by atoms with Crippen LogP contribution in [0.5, 0.6) is 0 Å². The Hall–Kier alpha value is -14.0. The maximum absolute atomic E-state index is 11.0. The van der Waals surface area contributed by atoms with Gasteiger partial charge in [-0.3, -0.25) is 57.4 Å². The number of hydrogen-bond acceptors (Lipinski definition) is 43. The molecule has 0 fully saturated rings. The lowest BCUT2D eigenvalue weighted by atomic mass is 10.3. The number of aromatic amines is 16. The van der Waals surface area contributed by atoms with Crippen molar-refractivity contribution in [3.05, 3.63) is 227 Å². The number of rotatable bonds is 2. The van der Waals surface area contributed by atoms with Gasteiger partial charge in [0.1, 0.15) is 45.1 Å². The number of aryl methyl sites for hydroxylation is 13. The Morgan fingerprint density at radius 2 is 1.26 bits per heavy atom. The van der Waals surface area contributed by atoms with Crippen molar-refractivity contribution in [2.45, 2.75) is 131 Å². The number of hydroxylamine groups is 2. The van der Waals surface area contributed by atoms with Gasteiger partial charge < -0.3 is 56.7 Å². The van der Waals surface area contributed by atoms with Crippen LogP contribution in [0.15, 0.2) is 126 Å². The summed E-state index contributed by atoms with van der Waals surface area (Å²) in [5, 5.41) is 52.4. The van der Waals surface area contributed by atoms with Gasteiger partial charge in [-0.25, -0.2) is 64.3 Å². The second-order valence-corrected chi connectivity index (χ2v) is 30.1. The summed E-state index contributed by atoms with van der Waals surface area (Å²) < 4.78 is 97.3. The van der Waals surface area contributed by atoms with Crippen LogP contribution in [0, 0.1) is 94.8 Å². The molecule has 0 saturated carbocycles. The number of carbonyl (C=O) groups is 2. The van der Waals surface area contributed by atoms with Crippen molar-refractivity contribution in [3.63, 3.8) is 0 Å². The van der Waals surface area contributed by atoms with E-state index < -0.39 is 55.1 Å². The predicted octanol–water partition coefficient (Wildman–Crippen LogP) is -0.871. The molecule has 124 heavy (non-hydrogen) atoms. The van der Waals surface area contributed by atoms with Gasteiger partial charge in [-0.15, -0.1) is 38.6 Å². The zero-order chi connectivity index (χ0) is 94.4. The fraction of sp³-hybridized carbons (Fsp3) is 0.368. The molecule has 2 unspecified atom stereocenters. The zero-order valence-electron chi connectivity index (χ0n) is 68.7. The Kier molecular flexibility index (Phi) is 52.2. The van der Waals surface area contributed by atoms with Gasteiger partial charge >= 0.3 is 75.9 Å². The number of hydrazone groups is 1. The molecular weight excluding hydrogens is 1820 g/mol. The van der Waals surface area contributed by atoms with E-state index in [0.717, 1.165) is 42.5 Å². The lowest BCUT2D eigenvalue weighted by molar-refractivity contribution is -0.136. The molecule has 0 radical (unpaired) electrons. The molecule has 0 aromatic carbocycles. The molecular formula is C57H87N33O26S8. The molecule has 0 aliphatic carbocycles. The third kappa shape index (κ3) is 58.0. The molecule has 0 bridgehead atoms. The van der Waals surface area contributed by atoms with E-state index in [4.69, 9.17) is 4.42 Å². The van der Waals surface area contributed by atoms with Crippen LogP contribution in [0.25, 0.3) is 0 Å². The molecule has 13 aromatic rings. The first-order valence-electron chi connectivity index (χ1n) is 33.2. The number of oxazole rings is 1. The summed E-state index contributed by atoms with van der Waals surface area (Å²) in [6.45, 7) is 30.5. The van der Waals surface area contributed by atoms with Crippen molar-refractivity contribution in [3.8, 4) is 0 Å². The minimum absolute atomic E-state index is 0.00231. The van der Waals surface area contributed by atoms with Gasteiger partial charge in [-0.2, -0.15) is 61.6 Å². The minimum atomic E-state index is -3.62. The number of aromatic nitrogens is 25. The summed E-state index contributed by atoms with van der Waals surface area (Å²) in [5.74, 6) is 3.60. The quantitative estimate of drug-likeness (QED) is 0.0935. The summed E-state index contributed by atoms with van der Waals surface area (Å²) in [4.78, 5) is 158. The Balaban J connectivity index is 0.00000130. The van der Waals surface area contributed by atoms with Crippen molar-refractivity contribution in [1.29, 1.82) is 0 Å². The Morgan fingerprint density at radius 1 is 0.589 bits per heavy atom. The van der Waals surface area contributed by atoms with Crippen molar-refractivity contribution >= 4 is 119 Å². The second-order valence-electron chi connectivity index (χ2n) is 22.0. The molecule has 0 spiro atoms. The Bertz CT molecular complexity index is 5340. The van der Waals surface area contributed by atoms with Crippen LogP contribution in [0.1, 0.15) is 107 Å². The first-order chi connectivity index (χ1) is 57.8. The first-order valence-corrected chi connectivity index (χ1v) is 40.7. The van der Waals surface area contributed by atoms with Crippen LogP contribution >= 0.6 is 58.0 Å². The molecule has 2 atom stereocenters. The third-order valence-corrected chi connectivity index (χ3v) is 16.3. The zero-order valence-corrected chi connectivity index (χ0v) is 75.3. The van der Waals surface area contributed by atoms with Crippen molar-refractivity contribution in [2.24, 2.45) is 13.9 Å². The lowest BCUT2D eigenvalue weighted by Crippen LogP contribution is -2.43. The highest BCUT2D eigenvalue weighted by Gasteiger charge is 2.19. The standard InChI is InChI=1S/C7H14N2O2.2C4H6N2O.2C4H5NO2.2C4H5NOS.C3H5N3O.2C3H4N2O2.3C3H4N2OS.C2H4N4.2C2H4N2O3S.C2H4N2O2S/c1-5(7(11)8-3)9(4)6(2)10;1-3-2-5-4(7)6-3;1-3-2-4(7)6-5-3;1-3-2-5-4(6)7-3;1-3-2-4(6)5-7-3;1-3-2-5-4(6)7-3;1-3-2-4(6)5-7-3;1-2-4-3(7)6-5-2;1-2-4-5-3(6)7-2;1-2-4-3(6)5-7-2;1-2-4-5-3(6)7-2;1-2-4-5-3(7)6-2;1-2-4-3(6)5-7-2;1-2-3-5-6-4-2;1-2-3-4-8(5,6)7-2;1-2-3-7-8(5,6)4-2;1-2-3-6-7(5)4-2/h5H,1-4H3,(H,8,11);2*2H,1H3,(H2,5,6,7);4*2H,1H3,(H,5,6);1H3,(H2,4,5,6,7);3*1H3,(H,5,6);1H3,(H,5,7);1H3,(H,5,6);1H3,(H,3,4,5,6);4H,1H3;1H3,(H,3,4);1H3,(H,3,4). The summed E-state index contributed by atoms with van der Waals surface area (Å²) in [7, 11) is -4.02. The fourth-order valence-electron chi connectivity index (χ4n) is 5.96. The van der Waals surface area contributed by atoms with Crippen LogP contribution in [-0.2, 0) is 54.2 Å². The lowest BCUT2D eigenvalue weighted by Gasteiger charge is -2.21. The number of carbonyl (C=O) groups excluding carboxylic acids is 2. The number of amides is 2. The smallest absolute Gasteiger partial charge is 0.414 e. The molecule has 16 heterocycles. The fourth-order valence-corrected chi connectivity index (χ4v) is 9.76. The SMILES string of the molecule is CC1=NNS(=O)(=O)O1.CC1=NS(=O)(=O)ON1.CC1=NS(=O)ON1.CNC(=O)C(C)N(C)C(C)=O.Cc1c[nH]c(=O)[nH]1.Cc1c[nH]c(=O)o1.Cc1c[nH]c(=O)s1.Cc1cc(=O)[nH][nH]1.Cc1cc(=O)[nH]o1.Cc1cc(=O)[nH]s1.Cc1n[nH]c(=O)[nH]1.Cc1n[nH]c(=O)o1.Cc1n[nH]c(=O)s1.Cc1n[nH]c(=S)o1.Cc1nc(=O)[nH]o1.Cc1nc(=O)[nH]s1.Cc1nn[nH]n1. The number of tetrazole rings is 1. The molecule has 0 saturated heterocycles. The molecule has 684 valence electrons. The Labute approximate surface area is 718 Å². The molecule has 20 N–H and O–H groups in total. The van der Waals surface area contributed by atoms with Crippen molar-refractivity contribution in [2.75, 3.05) is 14.1 Å². The highest BCUT2D eigenvalue weighted by atomic mass is 32.2. The average molecular weight is 1910 g/mol. The van der Waals surface area contributed by atoms with Gasteiger partial charge in [0.25, 0.3) is 21.5 Å². The van der Waals surface area contributed by atoms with Gasteiger partial charge in [-0.1, -0.05) is 39.4 Å². The van der Waals surface area contributed by atoms with Crippen LogP contribution in [0.2, 0.25) is 0 Å². The van der Waals surface area contributed by atoms with E-state index in [9.17, 15) is 83.4 Å². The number of hydrogen-bond donors (Lipinski definition) is 20. The van der Waals surface area contributed by atoms with Gasteiger partial charge in [-0.05, 0) is 114 Å². The molecule has 2 amide bonds. The number of nitrogens with one attached hydrogen (secondary N) is 20. The van der Waals surface area contributed by atoms with E-state index in [1.807, 2.05) is 32.9 Å². The largest absolute Gasteiger partial charge is 0.434 e. The minimum Gasteiger partial charge on any atom is -0.414 e. The topological polar surface area (TPSA) is 858 Å². The van der Waals surface area contributed by atoms with Gasteiger partial charge in [0.05, 0.1) is 0 Å². The van der Waals surface area contributed by atoms with Crippen molar-refractivity contribution < 1.29 is 65.7 Å². The highest BCUT2D eigenvalue weighted by molar-refractivity contribution is 7.85. The molecule has 13 aromatic heterocycles. The van der Waals surface area contributed by atoms with Gasteiger partial charge in [0, 0.05) is 107 Å². The summed E-state index contributed by atoms with van der Waals surface area (Å²) >= 11 is 8.05. The molecule has 3 aliphatic rings. The van der Waals surface area contributed by atoms with Crippen LogP contribution < -0.4 is 81.8 Å². The third-order valence-electron chi connectivity index (χ3n) is 11.1. The Morgan fingerprint density at radius 3 is 1.41 bits per heavy atom. The van der Waals surface area contributed by atoms with Gasteiger partial charge in [0.15, 0.2) is 5.82 Å². The molecule has 16 rings (SSSR count). The van der Waals surface area contributed by atoms with Crippen LogP contribution in [-0.4, -0.2) is 201 Å². The normalized spacial score (nSPS) is 12.5. The highest BCUT2D eigenvalue weighted by Crippen LogP contribution is 2.01. The van der Waals surface area contributed by atoms with Crippen LogP contribution in [0.3, 0.4) is 0 Å². The number of amidine groups is 2. The van der Waals surface area contributed by atoms with E-state index in [1.54, 1.807) is 114 Å². The predicted molar refractivity (Wildman–Crippen MR) is 448 cm³/mol. The van der Waals surface area contributed by atoms with E-state index in [0.29, 0.717) is 51.5 Å². The average Bonchev–Trinajstić information content (AvgIpc) is 1.75. The monoisotopic (exact) mass is 1910 g/mol. The van der Waals surface area contributed by atoms with E-state index in [2.05, 4.69) is 193 Å². The maximum atomic E-state index is 11.0. The number of H-pyrrole nitrogens is 16. The van der Waals surface area contributed by atoms with E-state index >= 15 is 0 Å². The van der Waals surface area contributed by atoms with E-state index in [1.165, 1.54) is 78.4 Å². The number of likely N-dealkylation sites (N-methyl/N-ethyl adjacent to an activating group) is 2. The van der Waals surface area contributed by atoms with Crippen LogP contribution in [0.4, 0.5) is 0 Å². The number of thiazole rings is 1. The molecule has 59 nitrogen and oxygen atoms in total. The maximum Gasteiger partial charge on any atom is 0.434 e. The molecule has 3 aliphatic heterocycles. The summed E-state index contributed by atoms with van der Waals surface area (Å²) in [6, 6.07) is 4.07. The first kappa shape index (κ1) is 110. The van der Waals surface area contributed by atoms with Crippen molar-refractivity contribution in [1.82, 2.24) is 152 Å². The number of imidazole rings is 1. The summed E-state index contributed by atoms with van der Waals surface area (Å²) in [5.41, 5.74) is 4.80. The summed E-state index contributed by atoms with van der Waals surface area (Å²) in [6.07, 6.45) is 4.84. The molecule has 67 heteroatoms. The number of nitrogens with zero attached hydrogens (tertiary/aromatic N) is 13. The van der Waals surface area contributed by atoms with E-state index in [-0.39, 0.29) is 67.0 Å². The van der Waals surface area contributed by atoms with Gasteiger partial charge in [0.2, 0.25) is 35.4 Å².